The molecule has 0 amide bonds. The molecule has 0 aromatic heterocycles. The van der Waals surface area contributed by atoms with Gasteiger partial charge in [0.05, 0.1) is 0 Å². The fourth-order valence-electron chi connectivity index (χ4n) is 6.36. The first-order valence-corrected chi connectivity index (χ1v) is 15.4. The largest absolute Gasteiger partial charge is 0.673 e. The molecule has 0 saturated carbocycles. The standard InChI is InChI=1S/C38H37N2.BF4/c1-4-29-24-16-25-30(5-2)36(29)40-27-39(35-28(3)17-15-26-34(35)31-18-9-6-10-19-31)37(32-20-11-7-12-21-32)38(40)33-22-13-8-14-23-33;2-1(3,4)5/h6-27,37-38H,4-5H2,1-3H3;/q+1;-1/t37-,38-;/m0./s1. The first-order chi connectivity index (χ1) is 21.7. The summed E-state index contributed by atoms with van der Waals surface area (Å²) in [6.07, 6.45) is 4.38. The molecule has 0 bridgehead atoms. The summed E-state index contributed by atoms with van der Waals surface area (Å²) in [4.78, 5) is 2.58. The van der Waals surface area contributed by atoms with Gasteiger partial charge < -0.3 is 17.3 Å². The Balaban J connectivity index is 0.000000743. The Morgan fingerprint density at radius 2 is 1.11 bits per heavy atom. The monoisotopic (exact) mass is 608 g/mol. The fraction of sp³-hybridized carbons (Fsp3) is 0.184. The number of hydrogen-bond acceptors (Lipinski definition) is 1. The molecule has 0 fully saturated rings. The number of nitrogens with zero attached hydrogens (tertiary/aromatic N) is 2. The van der Waals surface area contributed by atoms with Gasteiger partial charge in [0.25, 0.3) is 0 Å². The van der Waals surface area contributed by atoms with E-state index >= 15 is 0 Å². The number of rotatable bonds is 7. The highest BCUT2D eigenvalue weighted by molar-refractivity contribution is 6.50. The number of hydrogen-bond donors (Lipinski definition) is 0. The minimum absolute atomic E-state index is 0.0850. The SMILES string of the molecule is CCc1cccc(CC)c1N1C=[N+](c2c(C)cccc2-c2ccccc2)[C@@H](c2ccccc2)[C@@H]1c1ccccc1.F[B-](F)(F)F. The van der Waals surface area contributed by atoms with Gasteiger partial charge in [0, 0.05) is 16.7 Å². The molecule has 1 heterocycles. The highest BCUT2D eigenvalue weighted by Gasteiger charge is 2.47. The molecule has 0 unspecified atom stereocenters. The summed E-state index contributed by atoms with van der Waals surface area (Å²) in [7, 11) is -6.00. The predicted octanol–water partition coefficient (Wildman–Crippen LogP) is 10.8. The number of para-hydroxylation sites is 2. The Bertz CT molecular complexity index is 1710. The van der Waals surface area contributed by atoms with E-state index < -0.39 is 7.25 Å². The first-order valence-electron chi connectivity index (χ1n) is 15.4. The van der Waals surface area contributed by atoms with E-state index in [0.29, 0.717) is 0 Å². The van der Waals surface area contributed by atoms with E-state index in [4.69, 9.17) is 0 Å². The molecule has 7 heteroatoms. The molecule has 5 aromatic rings. The number of anilines is 1. The summed E-state index contributed by atoms with van der Waals surface area (Å²) in [6.45, 7) is 6.79. The Morgan fingerprint density at radius 3 is 1.64 bits per heavy atom. The van der Waals surface area contributed by atoms with Crippen LogP contribution < -0.4 is 4.90 Å². The second kappa shape index (κ2) is 14.0. The zero-order valence-corrected chi connectivity index (χ0v) is 25.8. The minimum atomic E-state index is -6.00. The van der Waals surface area contributed by atoms with Crippen LogP contribution in [-0.4, -0.2) is 18.2 Å². The molecule has 2 nitrogen and oxygen atoms in total. The van der Waals surface area contributed by atoms with Crippen molar-refractivity contribution in [2.24, 2.45) is 0 Å². The van der Waals surface area contributed by atoms with Gasteiger partial charge in [-0.2, -0.15) is 0 Å². The molecule has 1 aliphatic heterocycles. The van der Waals surface area contributed by atoms with Gasteiger partial charge in [-0.1, -0.05) is 141 Å². The summed E-state index contributed by atoms with van der Waals surface area (Å²) >= 11 is 0. The van der Waals surface area contributed by atoms with Crippen molar-refractivity contribution in [2.45, 2.75) is 45.7 Å². The quantitative estimate of drug-likeness (QED) is 0.101. The smallest absolute Gasteiger partial charge is 0.418 e. The zero-order valence-electron chi connectivity index (χ0n) is 25.8. The summed E-state index contributed by atoms with van der Waals surface area (Å²) in [5, 5.41) is 0. The van der Waals surface area contributed by atoms with Gasteiger partial charge in [-0.3, -0.25) is 0 Å². The van der Waals surface area contributed by atoms with Crippen LogP contribution in [0.4, 0.5) is 28.6 Å². The molecule has 5 aromatic carbocycles. The van der Waals surface area contributed by atoms with E-state index in [0.717, 1.165) is 12.8 Å². The molecule has 45 heavy (non-hydrogen) atoms. The maximum absolute atomic E-state index is 9.75. The fourth-order valence-corrected chi connectivity index (χ4v) is 6.36. The Labute approximate surface area is 263 Å². The third-order valence-electron chi connectivity index (χ3n) is 8.23. The number of halogens is 4. The van der Waals surface area contributed by atoms with E-state index in [1.807, 2.05) is 0 Å². The predicted molar refractivity (Wildman–Crippen MR) is 179 cm³/mol. The normalized spacial score (nSPS) is 16.2. The van der Waals surface area contributed by atoms with Gasteiger partial charge in [0.15, 0.2) is 12.1 Å². The Hall–Kier alpha value is -4.65. The minimum Gasteiger partial charge on any atom is -0.418 e. The van der Waals surface area contributed by atoms with Crippen LogP contribution in [0.25, 0.3) is 11.1 Å². The molecular formula is C38H37BF4N2. The molecule has 6 rings (SSSR count). The highest BCUT2D eigenvalue weighted by atomic mass is 19.5. The molecule has 2 atom stereocenters. The van der Waals surface area contributed by atoms with E-state index in [9.17, 15) is 17.3 Å². The second-order valence-corrected chi connectivity index (χ2v) is 11.1. The van der Waals surface area contributed by atoms with Crippen molar-refractivity contribution >= 4 is 25.0 Å². The molecule has 0 spiro atoms. The molecule has 1 aliphatic rings. The molecule has 0 aliphatic carbocycles. The number of aryl methyl sites for hydroxylation is 3. The topological polar surface area (TPSA) is 6.25 Å². The molecule has 0 N–H and O–H groups in total. The summed E-state index contributed by atoms with van der Waals surface area (Å²) in [6, 6.07) is 46.6. The average Bonchev–Trinajstić information content (AvgIpc) is 3.44. The van der Waals surface area contributed by atoms with Crippen molar-refractivity contribution in [1.82, 2.24) is 0 Å². The molecule has 230 valence electrons. The van der Waals surface area contributed by atoms with Crippen LogP contribution in [0.3, 0.4) is 0 Å². The van der Waals surface area contributed by atoms with Crippen LogP contribution in [0.2, 0.25) is 0 Å². The second-order valence-electron chi connectivity index (χ2n) is 11.1. The molecular weight excluding hydrogens is 571 g/mol. The van der Waals surface area contributed by atoms with Gasteiger partial charge in [-0.15, -0.1) is 0 Å². The summed E-state index contributed by atoms with van der Waals surface area (Å²) in [5.74, 6) is 0. The van der Waals surface area contributed by atoms with Crippen molar-refractivity contribution < 1.29 is 21.8 Å². The van der Waals surface area contributed by atoms with Crippen LogP contribution in [0.15, 0.2) is 127 Å². The van der Waals surface area contributed by atoms with Gasteiger partial charge in [-0.25, -0.2) is 9.48 Å². The Morgan fingerprint density at radius 1 is 0.622 bits per heavy atom. The zero-order chi connectivity index (χ0) is 32.0. The van der Waals surface area contributed by atoms with Crippen molar-refractivity contribution in [3.05, 3.63) is 155 Å². The van der Waals surface area contributed by atoms with Crippen LogP contribution in [0.5, 0.6) is 0 Å². The van der Waals surface area contributed by atoms with Gasteiger partial charge in [0.1, 0.15) is 11.4 Å². The molecule has 0 saturated heterocycles. The maximum atomic E-state index is 9.75. The van der Waals surface area contributed by atoms with E-state index in [1.165, 1.54) is 50.3 Å². The third kappa shape index (κ3) is 7.20. The molecule has 0 radical (unpaired) electrons. The van der Waals surface area contributed by atoms with Crippen molar-refractivity contribution in [2.75, 3.05) is 4.90 Å². The van der Waals surface area contributed by atoms with E-state index in [-0.39, 0.29) is 12.1 Å². The Kier molecular flexibility index (Phi) is 9.87. The van der Waals surface area contributed by atoms with Crippen LogP contribution >= 0.6 is 0 Å². The highest BCUT2D eigenvalue weighted by Crippen LogP contribution is 2.49. The summed E-state index contributed by atoms with van der Waals surface area (Å²) < 4.78 is 41.6. The lowest BCUT2D eigenvalue weighted by molar-refractivity contribution is -0.481. The average molecular weight is 609 g/mol. The summed E-state index contributed by atoms with van der Waals surface area (Å²) in [5.41, 5.74) is 11.8. The number of benzene rings is 5. The van der Waals surface area contributed by atoms with E-state index in [2.05, 4.69) is 164 Å². The van der Waals surface area contributed by atoms with Crippen molar-refractivity contribution in [3.8, 4) is 11.1 Å². The van der Waals surface area contributed by atoms with E-state index in [1.54, 1.807) is 0 Å². The lowest BCUT2D eigenvalue weighted by Gasteiger charge is -2.27. The van der Waals surface area contributed by atoms with Gasteiger partial charge in [0.2, 0.25) is 6.34 Å². The van der Waals surface area contributed by atoms with Crippen LogP contribution in [0.1, 0.15) is 53.7 Å². The maximum Gasteiger partial charge on any atom is 0.673 e. The van der Waals surface area contributed by atoms with Gasteiger partial charge >= 0.3 is 7.25 Å². The van der Waals surface area contributed by atoms with Crippen LogP contribution in [0, 0.1) is 6.92 Å². The first kappa shape index (κ1) is 31.8. The van der Waals surface area contributed by atoms with Crippen molar-refractivity contribution in [3.63, 3.8) is 0 Å². The lowest BCUT2D eigenvalue weighted by Crippen LogP contribution is -2.28. The van der Waals surface area contributed by atoms with Gasteiger partial charge in [-0.05, 0) is 42.0 Å². The van der Waals surface area contributed by atoms with Crippen molar-refractivity contribution in [1.29, 1.82) is 0 Å². The lowest BCUT2D eigenvalue weighted by atomic mass is 9.90. The van der Waals surface area contributed by atoms with Crippen LogP contribution in [-0.2, 0) is 12.8 Å². The third-order valence-corrected chi connectivity index (χ3v) is 8.23.